The SMILES string of the molecule is CCC(=O)Nc1ccc(C(=O)NCCNS(=O)(=O)c2cc(C)c(OC)cc2C)cc1. The Morgan fingerprint density at radius 1 is 1.00 bits per heavy atom. The smallest absolute Gasteiger partial charge is 0.251 e. The molecule has 0 atom stereocenters. The summed E-state index contributed by atoms with van der Waals surface area (Å²) < 4.78 is 32.8. The van der Waals surface area contributed by atoms with E-state index in [4.69, 9.17) is 4.74 Å². The molecule has 0 saturated heterocycles. The third kappa shape index (κ3) is 6.04. The lowest BCUT2D eigenvalue weighted by atomic mass is 10.1. The van der Waals surface area contributed by atoms with Gasteiger partial charge in [-0.25, -0.2) is 13.1 Å². The van der Waals surface area contributed by atoms with Crippen LogP contribution in [0, 0.1) is 13.8 Å². The molecule has 8 nitrogen and oxygen atoms in total. The highest BCUT2D eigenvalue weighted by molar-refractivity contribution is 7.89. The van der Waals surface area contributed by atoms with Gasteiger partial charge < -0.3 is 15.4 Å². The minimum Gasteiger partial charge on any atom is -0.496 e. The van der Waals surface area contributed by atoms with Crippen LogP contribution in [0.2, 0.25) is 0 Å². The number of rotatable bonds is 9. The van der Waals surface area contributed by atoms with E-state index in [1.54, 1.807) is 57.2 Å². The first-order valence-corrected chi connectivity index (χ1v) is 11.0. The standard InChI is InChI=1S/C21H27N3O5S/c1-5-20(25)24-17-8-6-16(7-9-17)21(26)22-10-11-23-30(27,28)19-13-14(2)18(29-4)12-15(19)3/h6-9,12-13,23H,5,10-11H2,1-4H3,(H,22,26)(H,24,25). The lowest BCUT2D eigenvalue weighted by molar-refractivity contribution is -0.115. The molecule has 0 bridgehead atoms. The Morgan fingerprint density at radius 2 is 1.67 bits per heavy atom. The van der Waals surface area contributed by atoms with E-state index in [-0.39, 0.29) is 29.8 Å². The van der Waals surface area contributed by atoms with Crippen molar-refractivity contribution in [1.29, 1.82) is 0 Å². The summed E-state index contributed by atoms with van der Waals surface area (Å²) in [6.07, 6.45) is 0.369. The Morgan fingerprint density at radius 3 is 2.27 bits per heavy atom. The van der Waals surface area contributed by atoms with Crippen LogP contribution in [0.3, 0.4) is 0 Å². The molecule has 0 heterocycles. The van der Waals surface area contributed by atoms with Crippen LogP contribution in [0.25, 0.3) is 0 Å². The van der Waals surface area contributed by atoms with Crippen molar-refractivity contribution in [1.82, 2.24) is 10.0 Å². The van der Waals surface area contributed by atoms with E-state index in [1.165, 1.54) is 7.11 Å². The van der Waals surface area contributed by atoms with Gasteiger partial charge in [0.05, 0.1) is 12.0 Å². The predicted molar refractivity (Wildman–Crippen MR) is 115 cm³/mol. The van der Waals surface area contributed by atoms with Gasteiger partial charge >= 0.3 is 0 Å². The van der Waals surface area contributed by atoms with Crippen LogP contribution in [-0.4, -0.2) is 40.4 Å². The van der Waals surface area contributed by atoms with E-state index < -0.39 is 10.0 Å². The highest BCUT2D eigenvalue weighted by Crippen LogP contribution is 2.25. The van der Waals surface area contributed by atoms with E-state index in [1.807, 2.05) is 0 Å². The number of aryl methyl sites for hydroxylation is 2. The molecule has 0 saturated carbocycles. The fourth-order valence-corrected chi connectivity index (χ4v) is 4.11. The second-order valence-corrected chi connectivity index (χ2v) is 8.46. The maximum atomic E-state index is 12.6. The van der Waals surface area contributed by atoms with Crippen molar-refractivity contribution in [3.8, 4) is 5.75 Å². The van der Waals surface area contributed by atoms with Crippen molar-refractivity contribution in [3.63, 3.8) is 0 Å². The lowest BCUT2D eigenvalue weighted by Crippen LogP contribution is -2.35. The van der Waals surface area contributed by atoms with Crippen LogP contribution in [0.4, 0.5) is 5.69 Å². The first kappa shape index (κ1) is 23.4. The zero-order valence-electron chi connectivity index (χ0n) is 17.5. The van der Waals surface area contributed by atoms with Crippen molar-refractivity contribution in [3.05, 3.63) is 53.1 Å². The van der Waals surface area contributed by atoms with Gasteiger partial charge in [0.25, 0.3) is 5.91 Å². The van der Waals surface area contributed by atoms with E-state index in [0.717, 1.165) is 5.56 Å². The topological polar surface area (TPSA) is 114 Å². The van der Waals surface area contributed by atoms with Crippen LogP contribution in [0.15, 0.2) is 41.3 Å². The number of benzene rings is 2. The Kier molecular flexibility index (Phi) is 7.96. The molecule has 2 amide bonds. The zero-order valence-corrected chi connectivity index (χ0v) is 18.4. The van der Waals surface area contributed by atoms with E-state index in [0.29, 0.717) is 29.0 Å². The Hall–Kier alpha value is -2.91. The van der Waals surface area contributed by atoms with Crippen LogP contribution >= 0.6 is 0 Å². The van der Waals surface area contributed by atoms with E-state index in [9.17, 15) is 18.0 Å². The average molecular weight is 434 g/mol. The first-order valence-electron chi connectivity index (χ1n) is 9.51. The molecule has 9 heteroatoms. The van der Waals surface area contributed by atoms with Crippen molar-refractivity contribution in [2.75, 3.05) is 25.5 Å². The molecule has 0 aliphatic rings. The number of sulfonamides is 1. The van der Waals surface area contributed by atoms with Crippen LogP contribution < -0.4 is 20.1 Å². The summed E-state index contributed by atoms with van der Waals surface area (Å²) in [7, 11) is -2.18. The second kappa shape index (κ2) is 10.2. The molecule has 0 aliphatic heterocycles. The summed E-state index contributed by atoms with van der Waals surface area (Å²) in [6, 6.07) is 9.70. The Labute approximate surface area is 177 Å². The number of ether oxygens (including phenoxy) is 1. The summed E-state index contributed by atoms with van der Waals surface area (Å²) in [5, 5.41) is 5.37. The normalized spacial score (nSPS) is 11.1. The fraction of sp³-hybridized carbons (Fsp3) is 0.333. The molecular weight excluding hydrogens is 406 g/mol. The molecule has 0 fully saturated rings. The van der Waals surface area contributed by atoms with Crippen molar-refractivity contribution in [2.24, 2.45) is 0 Å². The molecular formula is C21H27N3O5S. The second-order valence-electron chi connectivity index (χ2n) is 6.72. The van der Waals surface area contributed by atoms with Crippen molar-refractivity contribution >= 4 is 27.5 Å². The number of carbonyl (C=O) groups excluding carboxylic acids is 2. The average Bonchev–Trinajstić information content (AvgIpc) is 2.72. The maximum Gasteiger partial charge on any atom is 0.251 e. The molecule has 2 rings (SSSR count). The molecule has 0 unspecified atom stereocenters. The number of amides is 2. The molecule has 0 spiro atoms. The maximum absolute atomic E-state index is 12.6. The molecule has 30 heavy (non-hydrogen) atoms. The number of anilines is 1. The number of hydrogen-bond acceptors (Lipinski definition) is 5. The van der Waals surface area contributed by atoms with E-state index >= 15 is 0 Å². The summed E-state index contributed by atoms with van der Waals surface area (Å²) >= 11 is 0. The van der Waals surface area contributed by atoms with Crippen LogP contribution in [0.5, 0.6) is 5.75 Å². The Balaban J connectivity index is 1.90. The molecule has 0 radical (unpaired) electrons. The van der Waals surface area contributed by atoms with Gasteiger partial charge in [-0.1, -0.05) is 6.92 Å². The van der Waals surface area contributed by atoms with Gasteiger partial charge in [0.15, 0.2) is 0 Å². The number of hydrogen-bond donors (Lipinski definition) is 3. The monoisotopic (exact) mass is 433 g/mol. The van der Waals surface area contributed by atoms with Crippen molar-refractivity contribution < 1.29 is 22.7 Å². The minimum absolute atomic E-state index is 0.0449. The molecule has 0 aromatic heterocycles. The predicted octanol–water partition coefficient (Wildman–Crippen LogP) is 2.37. The van der Waals surface area contributed by atoms with Crippen LogP contribution in [-0.2, 0) is 14.8 Å². The minimum atomic E-state index is -3.72. The van der Waals surface area contributed by atoms with Gasteiger partial charge in [-0.05, 0) is 61.4 Å². The number of nitrogens with one attached hydrogen (secondary N) is 3. The number of carbonyl (C=O) groups is 2. The van der Waals surface area contributed by atoms with Crippen LogP contribution in [0.1, 0.15) is 34.8 Å². The third-order valence-corrected chi connectivity index (χ3v) is 6.04. The molecule has 3 N–H and O–H groups in total. The molecule has 2 aromatic carbocycles. The molecule has 162 valence electrons. The van der Waals surface area contributed by atoms with Gasteiger partial charge in [-0.15, -0.1) is 0 Å². The highest BCUT2D eigenvalue weighted by Gasteiger charge is 2.18. The van der Waals surface area contributed by atoms with Crippen molar-refractivity contribution in [2.45, 2.75) is 32.1 Å². The summed E-state index contributed by atoms with van der Waals surface area (Å²) in [4.78, 5) is 23.8. The first-order chi connectivity index (χ1) is 14.2. The number of methoxy groups -OCH3 is 1. The fourth-order valence-electron chi connectivity index (χ4n) is 2.77. The molecule has 2 aromatic rings. The summed E-state index contributed by atoms with van der Waals surface area (Å²) in [6.45, 7) is 5.40. The third-order valence-electron chi connectivity index (χ3n) is 4.44. The largest absolute Gasteiger partial charge is 0.496 e. The van der Waals surface area contributed by atoms with Gasteiger partial charge in [0.1, 0.15) is 5.75 Å². The van der Waals surface area contributed by atoms with E-state index in [2.05, 4.69) is 15.4 Å². The van der Waals surface area contributed by atoms with Gasteiger partial charge in [-0.3, -0.25) is 9.59 Å². The van der Waals surface area contributed by atoms with Gasteiger partial charge in [-0.2, -0.15) is 0 Å². The summed E-state index contributed by atoms with van der Waals surface area (Å²) in [5.41, 5.74) is 2.31. The van der Waals surface area contributed by atoms with Gasteiger partial charge in [0.2, 0.25) is 15.9 Å². The lowest BCUT2D eigenvalue weighted by Gasteiger charge is -2.13. The zero-order chi connectivity index (χ0) is 22.3. The van der Waals surface area contributed by atoms with Gasteiger partial charge in [0, 0.05) is 30.8 Å². The quantitative estimate of drug-likeness (QED) is 0.526. The Bertz CT molecular complexity index is 1020. The molecule has 0 aliphatic carbocycles. The highest BCUT2D eigenvalue weighted by atomic mass is 32.2. The summed E-state index contributed by atoms with van der Waals surface area (Å²) in [5.74, 6) is 0.180.